The van der Waals surface area contributed by atoms with E-state index >= 15 is 0 Å². The summed E-state index contributed by atoms with van der Waals surface area (Å²) in [7, 11) is 0. The van der Waals surface area contributed by atoms with Crippen molar-refractivity contribution < 1.29 is 0 Å². The van der Waals surface area contributed by atoms with Crippen LogP contribution in [0.4, 0.5) is 0 Å². The van der Waals surface area contributed by atoms with Gasteiger partial charge < -0.3 is 0 Å². The van der Waals surface area contributed by atoms with E-state index in [1.54, 1.807) is 6.20 Å². The van der Waals surface area contributed by atoms with Crippen molar-refractivity contribution in [3.05, 3.63) is 115 Å². The topological polar surface area (TPSA) is 43.6 Å². The summed E-state index contributed by atoms with van der Waals surface area (Å²) in [6.45, 7) is 2.28. The fourth-order valence-electron chi connectivity index (χ4n) is 5.85. The SMILES string of the molecule is CC1CC=CC=C1c1cnc2c3cc4c(cc3n(-c3cccc(-c5cccnc5)n3)c2c1)sc1ccccc14. The number of thiophene rings is 1. The summed E-state index contributed by atoms with van der Waals surface area (Å²) in [5.74, 6) is 1.33. The first-order chi connectivity index (χ1) is 19.2. The third kappa shape index (κ3) is 3.54. The molecule has 1 unspecified atom stereocenters. The molecule has 1 aliphatic rings. The molecular weight excluding hydrogens is 496 g/mol. The van der Waals surface area contributed by atoms with E-state index < -0.39 is 0 Å². The Morgan fingerprint density at radius 2 is 1.77 bits per heavy atom. The van der Waals surface area contributed by atoms with Crippen LogP contribution in [0.3, 0.4) is 0 Å². The summed E-state index contributed by atoms with van der Waals surface area (Å²) in [4.78, 5) is 14.5. The highest BCUT2D eigenvalue weighted by Crippen LogP contribution is 2.41. The third-order valence-electron chi connectivity index (χ3n) is 7.79. The molecule has 0 N–H and O–H groups in total. The molecule has 4 nitrogen and oxygen atoms in total. The fourth-order valence-corrected chi connectivity index (χ4v) is 6.97. The van der Waals surface area contributed by atoms with Gasteiger partial charge in [0.05, 0.1) is 22.2 Å². The van der Waals surface area contributed by atoms with Crippen LogP contribution in [0.5, 0.6) is 0 Å². The quantitative estimate of drug-likeness (QED) is 0.233. The average Bonchev–Trinajstić information content (AvgIpc) is 3.51. The van der Waals surface area contributed by atoms with Gasteiger partial charge in [0, 0.05) is 49.7 Å². The van der Waals surface area contributed by atoms with Gasteiger partial charge in [0.15, 0.2) is 0 Å². The second-order valence-electron chi connectivity index (χ2n) is 10.2. The largest absolute Gasteiger partial charge is 0.292 e. The molecule has 2 aromatic carbocycles. The maximum atomic E-state index is 5.14. The summed E-state index contributed by atoms with van der Waals surface area (Å²) in [5, 5.41) is 3.71. The molecule has 1 atom stereocenters. The van der Waals surface area contributed by atoms with Crippen LogP contribution in [0.25, 0.3) is 64.8 Å². The van der Waals surface area contributed by atoms with Crippen LogP contribution in [-0.4, -0.2) is 19.5 Å². The first kappa shape index (κ1) is 22.4. The zero-order valence-electron chi connectivity index (χ0n) is 21.4. The number of rotatable bonds is 3. The Morgan fingerprint density at radius 3 is 2.67 bits per heavy atom. The number of aromatic nitrogens is 4. The standard InChI is InChI=1S/C34H24N4S/c1-21-8-2-3-10-24(21)23-16-30-34(36-20-23)27-17-26-25-11-4-5-13-31(25)39-32(26)18-29(27)38(30)33-14-6-12-28(37-33)22-9-7-15-35-19-22/h2-7,9-21H,8H2,1H3. The molecule has 7 aromatic rings. The Balaban J connectivity index is 1.45. The molecule has 5 heterocycles. The number of benzene rings is 2. The molecular formula is C34H24N4S. The smallest absolute Gasteiger partial charge is 0.138 e. The maximum absolute atomic E-state index is 5.14. The molecule has 0 saturated heterocycles. The lowest BCUT2D eigenvalue weighted by atomic mass is 9.89. The normalized spacial score (nSPS) is 15.5. The minimum absolute atomic E-state index is 0.454. The second kappa shape index (κ2) is 8.72. The van der Waals surface area contributed by atoms with E-state index in [0.29, 0.717) is 5.92 Å². The van der Waals surface area contributed by atoms with Gasteiger partial charge in [-0.05, 0) is 72.0 Å². The van der Waals surface area contributed by atoms with Gasteiger partial charge in [-0.25, -0.2) is 4.98 Å². The van der Waals surface area contributed by atoms with Gasteiger partial charge >= 0.3 is 0 Å². The number of nitrogens with zero attached hydrogens (tertiary/aromatic N) is 4. The molecule has 0 saturated carbocycles. The van der Waals surface area contributed by atoms with Crippen molar-refractivity contribution >= 4 is 59.0 Å². The van der Waals surface area contributed by atoms with Crippen LogP contribution in [0.15, 0.2) is 110 Å². The van der Waals surface area contributed by atoms with Gasteiger partial charge in [0.1, 0.15) is 5.82 Å². The van der Waals surface area contributed by atoms with E-state index in [-0.39, 0.29) is 0 Å². The summed E-state index contributed by atoms with van der Waals surface area (Å²) >= 11 is 1.84. The highest BCUT2D eigenvalue weighted by Gasteiger charge is 2.20. The Hall–Kier alpha value is -4.61. The van der Waals surface area contributed by atoms with Gasteiger partial charge in [-0.15, -0.1) is 11.3 Å². The first-order valence-electron chi connectivity index (χ1n) is 13.2. The molecule has 5 aromatic heterocycles. The molecule has 8 rings (SSSR count). The van der Waals surface area contributed by atoms with Crippen molar-refractivity contribution in [1.29, 1.82) is 0 Å². The van der Waals surface area contributed by atoms with Crippen LogP contribution in [0.1, 0.15) is 18.9 Å². The fraction of sp³-hybridized carbons (Fsp3) is 0.0882. The van der Waals surface area contributed by atoms with Crippen LogP contribution in [0.2, 0.25) is 0 Å². The van der Waals surface area contributed by atoms with Crippen molar-refractivity contribution in [2.45, 2.75) is 13.3 Å². The van der Waals surface area contributed by atoms with E-state index in [2.05, 4.69) is 95.4 Å². The number of hydrogen-bond acceptors (Lipinski definition) is 4. The van der Waals surface area contributed by atoms with E-state index in [4.69, 9.17) is 9.97 Å². The predicted octanol–water partition coefficient (Wildman–Crippen LogP) is 8.98. The molecule has 1 aliphatic carbocycles. The zero-order valence-corrected chi connectivity index (χ0v) is 22.2. The predicted molar refractivity (Wildman–Crippen MR) is 163 cm³/mol. The number of hydrogen-bond donors (Lipinski definition) is 0. The lowest BCUT2D eigenvalue weighted by Gasteiger charge is -2.17. The van der Waals surface area contributed by atoms with E-state index in [9.17, 15) is 0 Å². The van der Waals surface area contributed by atoms with Crippen molar-refractivity contribution in [2.75, 3.05) is 0 Å². The average molecular weight is 521 g/mol. The second-order valence-corrected chi connectivity index (χ2v) is 11.3. The molecule has 5 heteroatoms. The molecule has 0 amide bonds. The van der Waals surface area contributed by atoms with Crippen molar-refractivity contribution in [2.24, 2.45) is 5.92 Å². The van der Waals surface area contributed by atoms with E-state index in [1.165, 1.54) is 31.3 Å². The third-order valence-corrected chi connectivity index (χ3v) is 8.92. The van der Waals surface area contributed by atoms with Gasteiger partial charge in [-0.3, -0.25) is 14.5 Å². The Labute approximate surface area is 229 Å². The number of fused-ring (bicyclic) bond motifs is 6. The maximum Gasteiger partial charge on any atom is 0.138 e. The molecule has 186 valence electrons. The summed E-state index contributed by atoms with van der Waals surface area (Å²) < 4.78 is 4.86. The van der Waals surface area contributed by atoms with Gasteiger partial charge in [-0.1, -0.05) is 49.4 Å². The van der Waals surface area contributed by atoms with Crippen LogP contribution in [-0.2, 0) is 0 Å². The summed E-state index contributed by atoms with van der Waals surface area (Å²) in [6, 6.07) is 25.8. The van der Waals surface area contributed by atoms with Crippen LogP contribution < -0.4 is 0 Å². The van der Waals surface area contributed by atoms with E-state index in [0.717, 1.165) is 45.4 Å². The summed E-state index contributed by atoms with van der Waals surface area (Å²) in [6.07, 6.45) is 13.4. The molecule has 0 radical (unpaired) electrons. The Kier molecular flexibility index (Phi) is 5.00. The Morgan fingerprint density at radius 1 is 0.821 bits per heavy atom. The first-order valence-corrected chi connectivity index (χ1v) is 14.1. The van der Waals surface area contributed by atoms with Crippen molar-refractivity contribution in [3.8, 4) is 17.1 Å². The minimum Gasteiger partial charge on any atom is -0.292 e. The van der Waals surface area contributed by atoms with Gasteiger partial charge in [0.2, 0.25) is 0 Å². The number of allylic oxidation sites excluding steroid dienone is 4. The molecule has 0 spiro atoms. The Bertz CT molecular complexity index is 2110. The molecule has 0 bridgehead atoms. The molecule has 0 aliphatic heterocycles. The monoisotopic (exact) mass is 520 g/mol. The van der Waals surface area contributed by atoms with Crippen molar-refractivity contribution in [3.63, 3.8) is 0 Å². The zero-order chi connectivity index (χ0) is 25.9. The molecule has 39 heavy (non-hydrogen) atoms. The highest BCUT2D eigenvalue weighted by molar-refractivity contribution is 7.25. The summed E-state index contributed by atoms with van der Waals surface area (Å²) in [5.41, 5.74) is 7.58. The van der Waals surface area contributed by atoms with Crippen LogP contribution >= 0.6 is 11.3 Å². The lowest BCUT2D eigenvalue weighted by Crippen LogP contribution is -2.02. The van der Waals surface area contributed by atoms with Crippen molar-refractivity contribution in [1.82, 2.24) is 19.5 Å². The van der Waals surface area contributed by atoms with Gasteiger partial charge in [-0.2, -0.15) is 0 Å². The highest BCUT2D eigenvalue weighted by atomic mass is 32.1. The lowest BCUT2D eigenvalue weighted by molar-refractivity contribution is 0.758. The van der Waals surface area contributed by atoms with Crippen LogP contribution in [0, 0.1) is 5.92 Å². The van der Waals surface area contributed by atoms with Gasteiger partial charge in [0.25, 0.3) is 0 Å². The molecule has 0 fully saturated rings. The number of pyridine rings is 3. The van der Waals surface area contributed by atoms with E-state index in [1.807, 2.05) is 35.9 Å². The minimum atomic E-state index is 0.454.